The Bertz CT molecular complexity index is 3260. The lowest BCUT2D eigenvalue weighted by atomic mass is 9.40. The Kier molecular flexibility index (Phi) is 19.5. The van der Waals surface area contributed by atoms with Crippen molar-refractivity contribution in [3.8, 4) is 0 Å². The number of aliphatic hydroxyl groups excluding tert-OH is 5. The van der Waals surface area contributed by atoms with Crippen LogP contribution in [0.3, 0.4) is 0 Å². The quantitative estimate of drug-likeness (QED) is 0.0376. The molecule has 0 amide bonds. The highest BCUT2D eigenvalue weighted by atomic mass is 16.6. The molecule has 6 aliphatic carbocycles. The number of hydroxylamine groups is 1. The SMILES string of the molecule is C=O.CC1=C2[C@@H](C)C(=O)[C@@]3(C)[C@H]([C@H](C)[C@](O)(C[C@@H]1OC(=O)[C@H](O)[C@@H](Nc1ccccc1)c1ccccc1)C2(C)C)[C@]1(C)CO[C@@H]1C[C@@H]3O.CC1=C2[C@@H](O)C(=O)[C@@]3(C)[C@H]([C@H](C)[C@](O)(C[C@@H]1OC(=O)[C@H](O)[C@@H]([B]CNO)c1ccccc1)C2(C)C)[C@]1(C)CO[C@@H]1C[C@@H]3O. The van der Waals surface area contributed by atoms with Crippen molar-refractivity contribution in [1.82, 2.24) is 5.48 Å². The van der Waals surface area contributed by atoms with E-state index < -0.39 is 140 Å². The smallest absolute Gasteiger partial charge is 0.338 e. The van der Waals surface area contributed by atoms with Crippen LogP contribution in [-0.4, -0.2) is 164 Å². The molecule has 22 atom stereocenters. The third-order valence-electron chi connectivity index (χ3n) is 24.4. The van der Waals surface area contributed by atoms with Crippen LogP contribution < -0.4 is 10.8 Å². The number of fused-ring (bicyclic) bond motifs is 10. The molecule has 0 aromatic heterocycles. The van der Waals surface area contributed by atoms with E-state index in [0.29, 0.717) is 41.9 Å². The number of para-hydroxylation sites is 1. The van der Waals surface area contributed by atoms with E-state index >= 15 is 0 Å². The number of ether oxygens (including phenoxy) is 4. The van der Waals surface area contributed by atoms with Crippen LogP contribution >= 0.6 is 0 Å². The summed E-state index contributed by atoms with van der Waals surface area (Å²) >= 11 is 0. The Morgan fingerprint density at radius 3 is 1.47 bits per heavy atom. The number of benzene rings is 3. The number of hydrogen-bond acceptors (Lipinski definition) is 19. The number of rotatable bonds is 13. The number of carbonyl (C=O) groups is 5. The molecule has 4 saturated carbocycles. The van der Waals surface area contributed by atoms with Crippen LogP contribution in [0, 0.1) is 62.1 Å². The van der Waals surface area contributed by atoms with Gasteiger partial charge in [0.05, 0.1) is 65.7 Å². The second-order valence-corrected chi connectivity index (χ2v) is 29.4. The highest BCUT2D eigenvalue weighted by Crippen LogP contribution is 2.69. The maximum absolute atomic E-state index is 14.7. The summed E-state index contributed by atoms with van der Waals surface area (Å²) in [6, 6.07) is 26.7. The summed E-state index contributed by atoms with van der Waals surface area (Å²) in [5.74, 6) is -5.72. The third-order valence-corrected chi connectivity index (χ3v) is 24.4. The Balaban J connectivity index is 0.000000210. The predicted molar refractivity (Wildman–Crippen MR) is 339 cm³/mol. The van der Waals surface area contributed by atoms with E-state index in [1.165, 1.54) is 0 Å². The zero-order valence-corrected chi connectivity index (χ0v) is 54.9. The van der Waals surface area contributed by atoms with Crippen LogP contribution in [0.15, 0.2) is 113 Å². The molecule has 20 heteroatoms. The van der Waals surface area contributed by atoms with Crippen LogP contribution in [0.25, 0.3) is 0 Å². The standard InChI is InChI=1S/C38H49NO7.C32H45BNO9.CH2O/c1-21-26(46-34(43)31(41)30(24-14-10-8-11-15-24)39-25-16-12-9-13-17-25)19-38(44)23(3)32-36(6)20-45-28(36)18-27(40)37(32,7)33(42)22(2)29(21)35(38,4)5;1-16-19(43-28(39)25(37)23(33-15-34-41)18-10-8-7-9-11-18)13-32(40)17(2)26-30(5)14-42-21(30)12-20(35)31(26,6)27(38)24(36)22(16)29(32,3)4;1-2/h8-17,22-23,26-28,30-32,39-41,44H,18-20H2,1-7H3;7-11,17,19-21,23-26,34-37,40-41H,12-15H2,1-6H3;1H2/t22-,23+,26+,27+,28-,30+,31-,32-,36-,37-,38-;17-,19-,20-,21+,23-,24+,25+,26+,30+,31+,32+;/m10./s1. The topological polar surface area (TPSA) is 308 Å². The molecule has 19 nitrogen and oxygen atoms in total. The predicted octanol–water partition coefficient (Wildman–Crippen LogP) is 6.54. The van der Waals surface area contributed by atoms with Gasteiger partial charge in [-0.3, -0.25) is 9.59 Å². The van der Waals surface area contributed by atoms with Crippen LogP contribution in [0.1, 0.15) is 139 Å². The molecular weight excluding hydrogens is 1160 g/mol. The lowest BCUT2D eigenvalue weighted by Gasteiger charge is -2.68. The largest absolute Gasteiger partial charge is 0.456 e. The first-order valence-electron chi connectivity index (χ1n) is 32.1. The molecule has 2 heterocycles. The second-order valence-electron chi connectivity index (χ2n) is 29.4. The van der Waals surface area contributed by atoms with Crippen LogP contribution in [0.5, 0.6) is 0 Å². The van der Waals surface area contributed by atoms with Crippen molar-refractivity contribution >= 4 is 43.3 Å². The Hall–Kier alpha value is -5.49. The summed E-state index contributed by atoms with van der Waals surface area (Å²) in [4.78, 5) is 64.3. The van der Waals surface area contributed by atoms with Crippen molar-refractivity contribution < 1.29 is 83.9 Å². The number of aliphatic hydroxyl groups is 7. The number of Topliss-reactive ketones (excluding diaryl/α,β-unsaturated/α-hetero) is 2. The molecular formula is C71H96BN2O17. The normalized spacial score (nSPS) is 39.6. The number of nitrogens with one attached hydrogen (secondary N) is 2. The minimum Gasteiger partial charge on any atom is -0.456 e. The summed E-state index contributed by atoms with van der Waals surface area (Å²) in [5, 5.41) is 95.6. The molecule has 2 aliphatic heterocycles. The Morgan fingerprint density at radius 2 is 1.03 bits per heavy atom. The first kappa shape index (κ1) is 69.8. The molecule has 3 aromatic carbocycles. The second kappa shape index (κ2) is 25.3. The number of esters is 2. The fourth-order valence-corrected chi connectivity index (χ4v) is 19.4. The molecule has 4 bridgehead atoms. The molecule has 11 rings (SSSR count). The maximum atomic E-state index is 14.7. The van der Waals surface area contributed by atoms with Gasteiger partial charge in [0.15, 0.2) is 18.0 Å². The van der Waals surface area contributed by atoms with Gasteiger partial charge < -0.3 is 70.0 Å². The van der Waals surface area contributed by atoms with E-state index in [4.69, 9.17) is 28.9 Å². The molecule has 2 saturated heterocycles. The molecule has 0 spiro atoms. The fourth-order valence-electron chi connectivity index (χ4n) is 19.4. The Labute approximate surface area is 535 Å². The van der Waals surface area contributed by atoms with Gasteiger partial charge in [0.1, 0.15) is 38.2 Å². The minimum atomic E-state index is -1.65. The van der Waals surface area contributed by atoms with Crippen molar-refractivity contribution in [1.29, 1.82) is 0 Å². The first-order valence-corrected chi connectivity index (χ1v) is 32.1. The first-order chi connectivity index (χ1) is 42.7. The zero-order chi connectivity index (χ0) is 67.1. The zero-order valence-electron chi connectivity index (χ0n) is 54.9. The van der Waals surface area contributed by atoms with Gasteiger partial charge in [-0.25, -0.2) is 15.1 Å². The van der Waals surface area contributed by atoms with E-state index in [0.717, 1.165) is 11.3 Å². The summed E-state index contributed by atoms with van der Waals surface area (Å²) in [5.41, 5.74) is -2.02. The van der Waals surface area contributed by atoms with E-state index in [1.54, 1.807) is 59.2 Å². The monoisotopic (exact) mass is 1260 g/mol. The van der Waals surface area contributed by atoms with Crippen molar-refractivity contribution in [2.75, 3.05) is 25.0 Å². The molecule has 91 heavy (non-hydrogen) atoms. The molecule has 1 radical (unpaired) electrons. The van der Waals surface area contributed by atoms with Crippen LogP contribution in [0.2, 0.25) is 0 Å². The van der Waals surface area contributed by atoms with E-state index in [2.05, 4.69) is 12.2 Å². The molecule has 10 N–H and O–H groups in total. The van der Waals surface area contributed by atoms with Gasteiger partial charge in [0.2, 0.25) is 0 Å². The molecule has 8 aliphatic rings. The van der Waals surface area contributed by atoms with Gasteiger partial charge in [-0.2, -0.15) is 0 Å². The van der Waals surface area contributed by atoms with E-state index in [9.17, 15) is 54.9 Å². The average Bonchev–Trinajstić information content (AvgIpc) is 0.684. The van der Waals surface area contributed by atoms with Gasteiger partial charge in [0.25, 0.3) is 0 Å². The van der Waals surface area contributed by atoms with Crippen LogP contribution in [-0.2, 0) is 42.9 Å². The van der Waals surface area contributed by atoms with Crippen molar-refractivity contribution in [2.24, 2.45) is 62.1 Å². The summed E-state index contributed by atoms with van der Waals surface area (Å²) in [6.45, 7) is 27.3. The summed E-state index contributed by atoms with van der Waals surface area (Å²) in [7, 11) is 1.56. The van der Waals surface area contributed by atoms with Gasteiger partial charge in [-0.15, -0.1) is 0 Å². The van der Waals surface area contributed by atoms with Crippen molar-refractivity contribution in [3.63, 3.8) is 0 Å². The number of ketones is 2. The summed E-state index contributed by atoms with van der Waals surface area (Å²) < 4.78 is 23.9. The highest BCUT2D eigenvalue weighted by Gasteiger charge is 2.75. The van der Waals surface area contributed by atoms with Gasteiger partial charge >= 0.3 is 11.9 Å². The van der Waals surface area contributed by atoms with Gasteiger partial charge in [-0.1, -0.05) is 141 Å². The summed E-state index contributed by atoms with van der Waals surface area (Å²) in [6.07, 6.45) is -8.49. The van der Waals surface area contributed by atoms with Crippen LogP contribution in [0.4, 0.5) is 5.69 Å². The average molecular weight is 1260 g/mol. The number of hydrogen-bond donors (Lipinski definition) is 10. The fraction of sp³-hybridized carbons (Fsp3) is 0.620. The lowest BCUT2D eigenvalue weighted by Crippen LogP contribution is -2.75. The lowest BCUT2D eigenvalue weighted by molar-refractivity contribution is -0.302. The Morgan fingerprint density at radius 1 is 0.626 bits per heavy atom. The van der Waals surface area contributed by atoms with Gasteiger partial charge in [-0.05, 0) is 109 Å². The third kappa shape index (κ3) is 10.8. The van der Waals surface area contributed by atoms with E-state index in [-0.39, 0.29) is 55.2 Å². The molecule has 495 valence electrons. The van der Waals surface area contributed by atoms with Crippen molar-refractivity contribution in [3.05, 3.63) is 124 Å². The minimum absolute atomic E-state index is 0.00561. The molecule has 6 fully saturated rings. The molecule has 3 aromatic rings. The van der Waals surface area contributed by atoms with Crippen molar-refractivity contribution in [2.45, 2.75) is 194 Å². The number of anilines is 1. The maximum Gasteiger partial charge on any atom is 0.338 e. The van der Waals surface area contributed by atoms with Gasteiger partial charge in [0, 0.05) is 58.9 Å². The van der Waals surface area contributed by atoms with E-state index in [1.807, 2.05) is 134 Å². The number of carbonyl (C=O) groups excluding carboxylic acids is 5. The highest BCUT2D eigenvalue weighted by molar-refractivity contribution is 6.39. The molecule has 0 unspecified atom stereocenters.